The van der Waals surface area contributed by atoms with Crippen molar-refractivity contribution in [2.75, 3.05) is 5.32 Å². The van der Waals surface area contributed by atoms with E-state index in [9.17, 15) is 4.79 Å². The van der Waals surface area contributed by atoms with Crippen LogP contribution in [-0.4, -0.2) is 34.2 Å². The molecule has 0 aromatic heterocycles. The molecule has 0 saturated carbocycles. The summed E-state index contributed by atoms with van der Waals surface area (Å²) in [6.45, 7) is 27.8. The van der Waals surface area contributed by atoms with Gasteiger partial charge in [0.25, 0.3) is 0 Å². The first kappa shape index (κ1) is 33.6. The second-order valence-electron chi connectivity index (χ2n) is 14.4. The minimum atomic E-state index is -0.429. The second-order valence-corrected chi connectivity index (χ2v) is 14.4. The van der Waals surface area contributed by atoms with E-state index in [1.165, 1.54) is 29.2 Å². The minimum absolute atomic E-state index is 0.177. The number of amidine groups is 1. The fourth-order valence-corrected chi connectivity index (χ4v) is 6.44. The van der Waals surface area contributed by atoms with E-state index < -0.39 is 11.1 Å². The molecule has 0 bridgehead atoms. The zero-order valence-corrected chi connectivity index (χ0v) is 28.4. The van der Waals surface area contributed by atoms with Crippen molar-refractivity contribution >= 4 is 23.4 Å². The van der Waals surface area contributed by atoms with Crippen molar-refractivity contribution in [3.63, 3.8) is 0 Å². The number of rotatable bonds is 8. The number of carbonyl (C=O) groups is 1. The maximum atomic E-state index is 11.9. The fraction of sp³-hybridized carbons (Fsp3) is 0.611. The monoisotopic (exact) mass is 577 g/mol. The molecule has 1 fully saturated rings. The SMILES string of the molecule is CC(=O)OC1CC(C)(C)N(O/C(=N\c2c(C(C)C)cccc2C(C)C)Nc2c(C(C)C)cccc2C(C)C)C(C)(C)C1. The van der Waals surface area contributed by atoms with E-state index in [2.05, 4.69) is 130 Å². The van der Waals surface area contributed by atoms with Crippen LogP contribution in [0.4, 0.5) is 11.4 Å². The number of piperidine rings is 1. The average molecular weight is 578 g/mol. The Labute approximate surface area is 255 Å². The van der Waals surface area contributed by atoms with E-state index in [-0.39, 0.29) is 12.1 Å². The Morgan fingerprint density at radius 3 is 1.57 bits per heavy atom. The van der Waals surface area contributed by atoms with Crippen molar-refractivity contribution in [3.8, 4) is 0 Å². The van der Waals surface area contributed by atoms with E-state index in [0.29, 0.717) is 42.5 Å². The van der Waals surface area contributed by atoms with Crippen LogP contribution in [0, 0.1) is 0 Å². The highest BCUT2D eigenvalue weighted by Gasteiger charge is 2.49. The minimum Gasteiger partial charge on any atom is -0.462 e. The maximum absolute atomic E-state index is 11.9. The Bertz CT molecular complexity index is 1200. The van der Waals surface area contributed by atoms with Crippen LogP contribution >= 0.6 is 0 Å². The molecule has 1 saturated heterocycles. The highest BCUT2D eigenvalue weighted by atomic mass is 16.7. The first-order chi connectivity index (χ1) is 19.4. The van der Waals surface area contributed by atoms with E-state index in [0.717, 1.165) is 11.4 Å². The number of anilines is 1. The molecule has 6 heteroatoms. The van der Waals surface area contributed by atoms with Gasteiger partial charge in [0.2, 0.25) is 0 Å². The number of nitrogens with one attached hydrogen (secondary N) is 1. The van der Waals surface area contributed by atoms with Gasteiger partial charge >= 0.3 is 12.0 Å². The number of para-hydroxylation sites is 2. The number of carbonyl (C=O) groups excluding carboxylic acids is 1. The molecule has 0 unspecified atom stereocenters. The van der Waals surface area contributed by atoms with Gasteiger partial charge in [0.1, 0.15) is 6.10 Å². The van der Waals surface area contributed by atoms with Gasteiger partial charge in [-0.3, -0.25) is 4.79 Å². The largest absolute Gasteiger partial charge is 0.462 e. The molecule has 0 radical (unpaired) electrons. The third-order valence-electron chi connectivity index (χ3n) is 8.23. The lowest BCUT2D eigenvalue weighted by Crippen LogP contribution is -2.62. The zero-order chi connectivity index (χ0) is 31.6. The van der Waals surface area contributed by atoms with Crippen LogP contribution in [-0.2, 0) is 14.4 Å². The summed E-state index contributed by atoms with van der Waals surface area (Å²) in [6.07, 6.45) is 1.13. The van der Waals surface area contributed by atoms with Gasteiger partial charge in [0.15, 0.2) is 0 Å². The Hall–Kier alpha value is -2.86. The van der Waals surface area contributed by atoms with Crippen molar-refractivity contribution < 1.29 is 14.4 Å². The predicted octanol–water partition coefficient (Wildman–Crippen LogP) is 9.80. The molecule has 1 heterocycles. The molecule has 2 aromatic carbocycles. The van der Waals surface area contributed by atoms with Gasteiger partial charge in [0.05, 0.1) is 16.8 Å². The smallest absolute Gasteiger partial charge is 0.314 e. The van der Waals surface area contributed by atoms with Crippen LogP contribution in [0.5, 0.6) is 0 Å². The summed E-state index contributed by atoms with van der Waals surface area (Å²) in [7, 11) is 0. The number of hydroxylamine groups is 2. The number of hydrogen-bond donors (Lipinski definition) is 1. The summed E-state index contributed by atoms with van der Waals surface area (Å²) >= 11 is 0. The third-order valence-corrected chi connectivity index (χ3v) is 8.23. The van der Waals surface area contributed by atoms with Crippen molar-refractivity contribution in [3.05, 3.63) is 58.7 Å². The van der Waals surface area contributed by atoms with Crippen LogP contribution in [0.25, 0.3) is 0 Å². The highest BCUT2D eigenvalue weighted by molar-refractivity contribution is 5.93. The number of ether oxygens (including phenoxy) is 1. The molecular formula is C36H55N3O3. The summed E-state index contributed by atoms with van der Waals surface area (Å²) in [5, 5.41) is 5.79. The van der Waals surface area contributed by atoms with Gasteiger partial charge in [-0.2, -0.15) is 4.99 Å². The highest BCUT2D eigenvalue weighted by Crippen LogP contribution is 2.42. The van der Waals surface area contributed by atoms with Crippen LogP contribution < -0.4 is 5.32 Å². The summed E-state index contributed by atoms with van der Waals surface area (Å²) in [4.78, 5) is 24.2. The maximum Gasteiger partial charge on any atom is 0.314 e. The fourth-order valence-electron chi connectivity index (χ4n) is 6.44. The molecule has 0 atom stereocenters. The van der Waals surface area contributed by atoms with Gasteiger partial charge in [-0.05, 0) is 73.6 Å². The first-order valence-electron chi connectivity index (χ1n) is 15.7. The van der Waals surface area contributed by atoms with E-state index in [4.69, 9.17) is 14.6 Å². The van der Waals surface area contributed by atoms with E-state index in [1.54, 1.807) is 0 Å². The molecule has 6 nitrogen and oxygen atoms in total. The van der Waals surface area contributed by atoms with Gasteiger partial charge < -0.3 is 14.9 Å². The zero-order valence-electron chi connectivity index (χ0n) is 28.4. The van der Waals surface area contributed by atoms with E-state index >= 15 is 0 Å². The third kappa shape index (κ3) is 7.75. The summed E-state index contributed by atoms with van der Waals surface area (Å²) in [5.74, 6) is 0.973. The Balaban J connectivity index is 2.24. The topological polar surface area (TPSA) is 63.2 Å². The Morgan fingerprint density at radius 1 is 0.786 bits per heavy atom. The molecule has 3 rings (SSSR count). The van der Waals surface area contributed by atoms with Crippen LogP contribution in [0.3, 0.4) is 0 Å². The molecule has 1 N–H and O–H groups in total. The summed E-state index contributed by atoms with van der Waals surface area (Å²) < 4.78 is 5.71. The van der Waals surface area contributed by atoms with Crippen LogP contribution in [0.15, 0.2) is 41.4 Å². The summed E-state index contributed by atoms with van der Waals surface area (Å²) in [5.41, 5.74) is 6.00. The van der Waals surface area contributed by atoms with E-state index in [1.807, 2.05) is 0 Å². The van der Waals surface area contributed by atoms with Gasteiger partial charge in [-0.15, -0.1) is 5.06 Å². The van der Waals surface area contributed by atoms with Gasteiger partial charge in [0, 0.05) is 25.5 Å². The lowest BCUT2D eigenvalue weighted by Gasteiger charge is -2.52. The summed E-state index contributed by atoms with van der Waals surface area (Å²) in [6, 6.07) is 13.5. The molecule has 2 aromatic rings. The average Bonchev–Trinajstić information content (AvgIpc) is 2.84. The van der Waals surface area contributed by atoms with Gasteiger partial charge in [-0.25, -0.2) is 0 Å². The standard InChI is InChI=1S/C36H55N3O3/c1-22(2)28-16-14-17-29(23(3)4)32(28)37-34(38-33-30(24(5)6)18-15-19-31(33)25(7)8)42-39-35(10,11)20-27(41-26(9)40)21-36(39,12)13/h14-19,22-25,27H,20-21H2,1-13H3,(H,37,38). The van der Waals surface area contributed by atoms with Crippen LogP contribution in [0.1, 0.15) is 149 Å². The number of aliphatic imine (C=N–C) groups is 1. The number of nitrogens with zero attached hydrogens (tertiary/aromatic N) is 2. The molecule has 0 aliphatic carbocycles. The molecule has 0 amide bonds. The molecule has 1 aliphatic rings. The quantitative estimate of drug-likeness (QED) is 0.192. The lowest BCUT2D eigenvalue weighted by molar-refractivity contribution is -0.246. The predicted molar refractivity (Wildman–Crippen MR) is 176 cm³/mol. The molecule has 42 heavy (non-hydrogen) atoms. The number of esters is 1. The van der Waals surface area contributed by atoms with Gasteiger partial charge in [-0.1, -0.05) is 91.8 Å². The molecule has 232 valence electrons. The van der Waals surface area contributed by atoms with Crippen molar-refractivity contribution in [1.82, 2.24) is 5.06 Å². The lowest BCUT2D eigenvalue weighted by atomic mass is 9.80. The van der Waals surface area contributed by atoms with Crippen molar-refractivity contribution in [2.24, 2.45) is 4.99 Å². The first-order valence-corrected chi connectivity index (χ1v) is 15.7. The van der Waals surface area contributed by atoms with Crippen LogP contribution in [0.2, 0.25) is 0 Å². The molecular weight excluding hydrogens is 522 g/mol. The normalized spacial score (nSPS) is 17.8. The second kappa shape index (κ2) is 13.2. The number of hydrogen-bond acceptors (Lipinski definition) is 5. The molecule has 0 spiro atoms. The Kier molecular flexibility index (Phi) is 10.6. The molecule has 1 aliphatic heterocycles. The number of benzene rings is 2. The van der Waals surface area contributed by atoms with Crippen molar-refractivity contribution in [2.45, 2.75) is 144 Å². The van der Waals surface area contributed by atoms with Crippen molar-refractivity contribution in [1.29, 1.82) is 0 Å². The Morgan fingerprint density at radius 2 is 1.19 bits per heavy atom.